The molecule has 0 spiro atoms. The van der Waals surface area contributed by atoms with Gasteiger partial charge in [-0.15, -0.1) is 0 Å². The van der Waals surface area contributed by atoms with Crippen LogP contribution < -0.4 is 10.1 Å². The third-order valence-corrected chi connectivity index (χ3v) is 4.01. The first-order valence-electron chi connectivity index (χ1n) is 7.94. The summed E-state index contributed by atoms with van der Waals surface area (Å²) < 4.78 is 5.20. The molecule has 0 amide bonds. The molecule has 1 N–H and O–H groups in total. The molecule has 0 saturated carbocycles. The van der Waals surface area contributed by atoms with Crippen molar-refractivity contribution >= 4 is 0 Å². The van der Waals surface area contributed by atoms with E-state index in [4.69, 9.17) is 4.74 Å². The highest BCUT2D eigenvalue weighted by Crippen LogP contribution is 2.20. The van der Waals surface area contributed by atoms with Crippen molar-refractivity contribution in [2.45, 2.75) is 53.0 Å². The Labute approximate surface area is 124 Å². The second-order valence-corrected chi connectivity index (χ2v) is 6.09. The van der Waals surface area contributed by atoms with Crippen molar-refractivity contribution in [3.8, 4) is 5.75 Å². The minimum atomic E-state index is 0.619. The van der Waals surface area contributed by atoms with Crippen molar-refractivity contribution in [1.29, 1.82) is 0 Å². The molecule has 20 heavy (non-hydrogen) atoms. The number of hydrogen-bond donors (Lipinski definition) is 1. The first-order chi connectivity index (χ1) is 9.58. The van der Waals surface area contributed by atoms with E-state index < -0.39 is 0 Å². The first-order valence-corrected chi connectivity index (χ1v) is 7.94. The Morgan fingerprint density at radius 2 is 1.75 bits per heavy atom. The predicted molar refractivity (Wildman–Crippen MR) is 87.4 cm³/mol. The molecule has 0 aliphatic carbocycles. The summed E-state index contributed by atoms with van der Waals surface area (Å²) in [4.78, 5) is 0. The summed E-state index contributed by atoms with van der Waals surface area (Å²) in [6, 6.07) is 9.07. The van der Waals surface area contributed by atoms with E-state index in [9.17, 15) is 0 Å². The maximum atomic E-state index is 5.20. The maximum absolute atomic E-state index is 5.20. The zero-order valence-corrected chi connectivity index (χ0v) is 13.8. The zero-order valence-electron chi connectivity index (χ0n) is 13.8. The summed E-state index contributed by atoms with van der Waals surface area (Å²) in [7, 11) is 1.71. The minimum absolute atomic E-state index is 0.619. The van der Waals surface area contributed by atoms with Gasteiger partial charge in [0.25, 0.3) is 0 Å². The topological polar surface area (TPSA) is 21.3 Å². The van der Waals surface area contributed by atoms with E-state index in [-0.39, 0.29) is 0 Å². The highest BCUT2D eigenvalue weighted by atomic mass is 16.5. The number of hydrogen-bond acceptors (Lipinski definition) is 2. The Balaban J connectivity index is 2.48. The lowest BCUT2D eigenvalue weighted by Gasteiger charge is -2.28. The van der Waals surface area contributed by atoms with Gasteiger partial charge in [-0.2, -0.15) is 0 Å². The second-order valence-electron chi connectivity index (χ2n) is 6.09. The molecule has 2 unspecified atom stereocenters. The van der Waals surface area contributed by atoms with Crippen molar-refractivity contribution in [3.05, 3.63) is 29.8 Å². The Morgan fingerprint density at radius 1 is 1.10 bits per heavy atom. The van der Waals surface area contributed by atoms with Crippen molar-refractivity contribution in [3.63, 3.8) is 0 Å². The lowest BCUT2D eigenvalue weighted by Crippen LogP contribution is -2.39. The number of methoxy groups -OCH3 is 1. The Hall–Kier alpha value is -1.02. The van der Waals surface area contributed by atoms with E-state index in [2.05, 4.69) is 57.3 Å². The molecule has 2 nitrogen and oxygen atoms in total. The van der Waals surface area contributed by atoms with Gasteiger partial charge in [-0.05, 0) is 55.3 Å². The Morgan fingerprint density at radius 3 is 2.25 bits per heavy atom. The third-order valence-electron chi connectivity index (χ3n) is 4.01. The van der Waals surface area contributed by atoms with Crippen LogP contribution in [0.2, 0.25) is 0 Å². The van der Waals surface area contributed by atoms with Crippen molar-refractivity contribution in [1.82, 2.24) is 5.32 Å². The number of aryl methyl sites for hydroxylation is 1. The van der Waals surface area contributed by atoms with E-state index in [1.807, 2.05) is 0 Å². The van der Waals surface area contributed by atoms with Gasteiger partial charge in [0.05, 0.1) is 7.11 Å². The Bertz CT molecular complexity index is 358. The summed E-state index contributed by atoms with van der Waals surface area (Å²) in [5.74, 6) is 2.32. The highest BCUT2D eigenvalue weighted by molar-refractivity contribution is 5.27. The average Bonchev–Trinajstić information content (AvgIpc) is 2.45. The van der Waals surface area contributed by atoms with Crippen LogP contribution in [0.5, 0.6) is 5.75 Å². The molecular formula is C18H31NO. The van der Waals surface area contributed by atoms with Gasteiger partial charge in [-0.1, -0.05) is 39.8 Å². The molecule has 2 heteroatoms. The van der Waals surface area contributed by atoms with Crippen LogP contribution in [0.4, 0.5) is 0 Å². The number of benzene rings is 1. The molecule has 0 aliphatic rings. The summed E-state index contributed by atoms with van der Waals surface area (Å²) in [6.07, 6.45) is 3.57. The maximum Gasteiger partial charge on any atom is 0.118 e. The smallest absolute Gasteiger partial charge is 0.118 e. The van der Waals surface area contributed by atoms with Crippen LogP contribution in [0.3, 0.4) is 0 Å². The standard InChI is InChI=1S/C18H31NO/c1-6-13-19-18(14(2)3)15(4)7-8-16-9-11-17(20-5)12-10-16/h9-12,14-15,18-19H,6-8,13H2,1-5H3. The quantitative estimate of drug-likeness (QED) is 0.727. The van der Waals surface area contributed by atoms with Crippen LogP contribution in [-0.4, -0.2) is 19.7 Å². The van der Waals surface area contributed by atoms with Gasteiger partial charge in [0.2, 0.25) is 0 Å². The van der Waals surface area contributed by atoms with E-state index in [1.165, 1.54) is 18.4 Å². The third kappa shape index (κ3) is 5.54. The second kappa shape index (κ2) is 9.02. The normalized spacial score (nSPS) is 14.3. The lowest BCUT2D eigenvalue weighted by molar-refractivity contribution is 0.286. The zero-order chi connectivity index (χ0) is 15.0. The summed E-state index contributed by atoms with van der Waals surface area (Å²) in [5.41, 5.74) is 1.40. The van der Waals surface area contributed by atoms with Crippen molar-refractivity contribution < 1.29 is 4.74 Å². The fraction of sp³-hybridized carbons (Fsp3) is 0.667. The largest absolute Gasteiger partial charge is 0.497 e. The first kappa shape index (κ1) is 17.0. The van der Waals surface area contributed by atoms with Crippen LogP contribution in [0.1, 0.15) is 46.1 Å². The molecule has 1 aromatic carbocycles. The molecule has 1 aromatic rings. The summed E-state index contributed by atoms with van der Waals surface area (Å²) >= 11 is 0. The van der Waals surface area contributed by atoms with Gasteiger partial charge in [-0.25, -0.2) is 0 Å². The van der Waals surface area contributed by atoms with E-state index in [0.29, 0.717) is 17.9 Å². The fourth-order valence-corrected chi connectivity index (χ4v) is 2.77. The van der Waals surface area contributed by atoms with Gasteiger partial charge in [0, 0.05) is 6.04 Å². The monoisotopic (exact) mass is 277 g/mol. The van der Waals surface area contributed by atoms with E-state index in [1.54, 1.807) is 7.11 Å². The van der Waals surface area contributed by atoms with Gasteiger partial charge < -0.3 is 10.1 Å². The fourth-order valence-electron chi connectivity index (χ4n) is 2.77. The minimum Gasteiger partial charge on any atom is -0.497 e. The van der Waals surface area contributed by atoms with Crippen LogP contribution in [-0.2, 0) is 6.42 Å². The van der Waals surface area contributed by atoms with E-state index in [0.717, 1.165) is 18.7 Å². The molecule has 0 heterocycles. The number of rotatable bonds is 9. The van der Waals surface area contributed by atoms with Crippen LogP contribution in [0.15, 0.2) is 24.3 Å². The van der Waals surface area contributed by atoms with Gasteiger partial charge in [0.1, 0.15) is 5.75 Å². The van der Waals surface area contributed by atoms with Crippen LogP contribution in [0.25, 0.3) is 0 Å². The van der Waals surface area contributed by atoms with Crippen LogP contribution >= 0.6 is 0 Å². The summed E-state index contributed by atoms with van der Waals surface area (Å²) in [5, 5.41) is 3.70. The molecular weight excluding hydrogens is 246 g/mol. The molecule has 0 aromatic heterocycles. The van der Waals surface area contributed by atoms with Crippen LogP contribution in [0, 0.1) is 11.8 Å². The number of nitrogens with one attached hydrogen (secondary N) is 1. The SMILES string of the molecule is CCCNC(C(C)C)C(C)CCc1ccc(OC)cc1. The predicted octanol–water partition coefficient (Wildman–Crippen LogP) is 4.29. The molecule has 1 rings (SSSR count). The van der Waals surface area contributed by atoms with E-state index >= 15 is 0 Å². The number of ether oxygens (including phenoxy) is 1. The highest BCUT2D eigenvalue weighted by Gasteiger charge is 2.19. The molecule has 0 bridgehead atoms. The Kier molecular flexibility index (Phi) is 7.68. The van der Waals surface area contributed by atoms with Crippen molar-refractivity contribution in [2.24, 2.45) is 11.8 Å². The van der Waals surface area contributed by atoms with Gasteiger partial charge in [-0.3, -0.25) is 0 Å². The molecule has 114 valence electrons. The summed E-state index contributed by atoms with van der Waals surface area (Å²) in [6.45, 7) is 10.4. The molecule has 0 radical (unpaired) electrons. The molecule has 0 fully saturated rings. The molecule has 0 aliphatic heterocycles. The average molecular weight is 277 g/mol. The molecule has 2 atom stereocenters. The molecule has 0 saturated heterocycles. The van der Waals surface area contributed by atoms with Gasteiger partial charge in [0.15, 0.2) is 0 Å². The van der Waals surface area contributed by atoms with Gasteiger partial charge >= 0.3 is 0 Å². The van der Waals surface area contributed by atoms with Crippen molar-refractivity contribution in [2.75, 3.05) is 13.7 Å². The lowest BCUT2D eigenvalue weighted by atomic mass is 9.87.